The first-order valence-electron chi connectivity index (χ1n) is 8.21. The highest BCUT2D eigenvalue weighted by atomic mass is 16.2. The van der Waals surface area contributed by atoms with E-state index in [9.17, 15) is 4.79 Å². The quantitative estimate of drug-likeness (QED) is 0.940. The molecule has 1 saturated heterocycles. The Morgan fingerprint density at radius 3 is 2.62 bits per heavy atom. The van der Waals surface area contributed by atoms with Gasteiger partial charge in [0.25, 0.3) is 5.91 Å². The molecule has 1 aromatic heterocycles. The third kappa shape index (κ3) is 3.90. The van der Waals surface area contributed by atoms with Gasteiger partial charge in [-0.2, -0.15) is 5.26 Å². The van der Waals surface area contributed by atoms with Crippen molar-refractivity contribution in [1.29, 1.82) is 5.26 Å². The zero-order valence-electron chi connectivity index (χ0n) is 13.5. The van der Waals surface area contributed by atoms with E-state index in [0.29, 0.717) is 11.6 Å². The zero-order valence-corrected chi connectivity index (χ0v) is 13.5. The Labute approximate surface area is 141 Å². The van der Waals surface area contributed by atoms with Crippen molar-refractivity contribution < 1.29 is 4.79 Å². The average molecular weight is 320 g/mol. The predicted octanol–water partition coefficient (Wildman–Crippen LogP) is 2.92. The highest BCUT2D eigenvalue weighted by Crippen LogP contribution is 2.19. The second-order valence-corrected chi connectivity index (χ2v) is 6.00. The Bertz CT molecular complexity index is 731. The van der Waals surface area contributed by atoms with Gasteiger partial charge in [-0.25, -0.2) is 4.98 Å². The van der Waals surface area contributed by atoms with Crippen molar-refractivity contribution in [3.63, 3.8) is 0 Å². The molecule has 0 bridgehead atoms. The smallest absolute Gasteiger partial charge is 0.253 e. The number of anilines is 1. The number of nitrogens with one attached hydrogen (secondary N) is 1. The first-order valence-corrected chi connectivity index (χ1v) is 8.21. The number of hydrogen-bond acceptors (Lipinski definition) is 4. The summed E-state index contributed by atoms with van der Waals surface area (Å²) in [6.45, 7) is 2.38. The summed E-state index contributed by atoms with van der Waals surface area (Å²) >= 11 is 0. The maximum absolute atomic E-state index is 12.4. The minimum atomic E-state index is 0.116. The Morgan fingerprint density at radius 2 is 1.92 bits per heavy atom. The number of rotatable bonds is 4. The fraction of sp³-hybridized carbons (Fsp3) is 0.316. The number of carbonyl (C=O) groups is 1. The lowest BCUT2D eigenvalue weighted by molar-refractivity contribution is 0.0695. The van der Waals surface area contributed by atoms with Gasteiger partial charge in [0.1, 0.15) is 17.6 Å². The highest BCUT2D eigenvalue weighted by molar-refractivity contribution is 5.94. The van der Waals surface area contributed by atoms with Crippen LogP contribution < -0.4 is 5.32 Å². The van der Waals surface area contributed by atoms with Crippen LogP contribution >= 0.6 is 0 Å². The number of likely N-dealkylation sites (tertiary alicyclic amines) is 1. The summed E-state index contributed by atoms with van der Waals surface area (Å²) < 4.78 is 0. The SMILES string of the molecule is N#Cc1cccc(NCC2CCN(C(=O)c3ccccc3)CC2)n1. The van der Waals surface area contributed by atoms with E-state index in [1.54, 1.807) is 6.07 Å². The maximum atomic E-state index is 12.4. The molecule has 0 aliphatic carbocycles. The van der Waals surface area contributed by atoms with Gasteiger partial charge in [-0.1, -0.05) is 24.3 Å². The van der Waals surface area contributed by atoms with Gasteiger partial charge in [-0.15, -0.1) is 0 Å². The third-order valence-corrected chi connectivity index (χ3v) is 4.36. The third-order valence-electron chi connectivity index (χ3n) is 4.36. The normalized spacial score (nSPS) is 14.9. The predicted molar refractivity (Wildman–Crippen MR) is 92.5 cm³/mol. The lowest BCUT2D eigenvalue weighted by atomic mass is 9.96. The fourth-order valence-electron chi connectivity index (χ4n) is 2.95. The topological polar surface area (TPSA) is 69.0 Å². The van der Waals surface area contributed by atoms with Gasteiger partial charge in [0, 0.05) is 25.2 Å². The largest absolute Gasteiger partial charge is 0.370 e. The number of piperidine rings is 1. The number of aromatic nitrogens is 1. The van der Waals surface area contributed by atoms with E-state index in [2.05, 4.69) is 10.3 Å². The second-order valence-electron chi connectivity index (χ2n) is 6.00. The van der Waals surface area contributed by atoms with Gasteiger partial charge < -0.3 is 10.2 Å². The number of nitrogens with zero attached hydrogens (tertiary/aromatic N) is 3. The summed E-state index contributed by atoms with van der Waals surface area (Å²) in [6.07, 6.45) is 1.95. The molecule has 2 aromatic rings. The molecular formula is C19H20N4O. The van der Waals surface area contributed by atoms with Crippen LogP contribution in [0.3, 0.4) is 0 Å². The Kier molecular flexibility index (Phi) is 5.07. The molecule has 1 fully saturated rings. The molecule has 1 aliphatic rings. The summed E-state index contributed by atoms with van der Waals surface area (Å²) in [6, 6.07) is 16.9. The van der Waals surface area contributed by atoms with Crippen LogP contribution in [0.15, 0.2) is 48.5 Å². The molecule has 1 aromatic carbocycles. The molecular weight excluding hydrogens is 300 g/mol. The van der Waals surface area contributed by atoms with Crippen molar-refractivity contribution in [3.05, 3.63) is 59.8 Å². The van der Waals surface area contributed by atoms with Gasteiger partial charge in [-0.05, 0) is 43.0 Å². The van der Waals surface area contributed by atoms with E-state index >= 15 is 0 Å². The number of benzene rings is 1. The summed E-state index contributed by atoms with van der Waals surface area (Å²) in [5, 5.41) is 12.2. The van der Waals surface area contributed by atoms with Crippen molar-refractivity contribution >= 4 is 11.7 Å². The molecule has 0 unspecified atom stereocenters. The molecule has 122 valence electrons. The monoisotopic (exact) mass is 320 g/mol. The van der Waals surface area contributed by atoms with Gasteiger partial charge in [0.15, 0.2) is 0 Å². The van der Waals surface area contributed by atoms with Crippen molar-refractivity contribution in [2.75, 3.05) is 25.0 Å². The standard InChI is InChI=1S/C19H20N4O/c20-13-17-7-4-8-18(22-17)21-14-15-9-11-23(12-10-15)19(24)16-5-2-1-3-6-16/h1-8,15H,9-12,14H2,(H,21,22). The van der Waals surface area contributed by atoms with Crippen LogP contribution in [-0.4, -0.2) is 35.4 Å². The second kappa shape index (κ2) is 7.60. The number of carbonyl (C=O) groups excluding carboxylic acids is 1. The van der Waals surface area contributed by atoms with Crippen molar-refractivity contribution in [2.24, 2.45) is 5.92 Å². The van der Waals surface area contributed by atoms with E-state index in [-0.39, 0.29) is 5.91 Å². The van der Waals surface area contributed by atoms with Crippen LogP contribution in [0.4, 0.5) is 5.82 Å². The van der Waals surface area contributed by atoms with Crippen molar-refractivity contribution in [2.45, 2.75) is 12.8 Å². The molecule has 1 amide bonds. The van der Waals surface area contributed by atoms with Crippen LogP contribution in [0.2, 0.25) is 0 Å². The number of amides is 1. The summed E-state index contributed by atoms with van der Waals surface area (Å²) in [5.41, 5.74) is 1.18. The lowest BCUT2D eigenvalue weighted by Gasteiger charge is -2.32. The molecule has 1 N–H and O–H groups in total. The molecule has 2 heterocycles. The van der Waals surface area contributed by atoms with Gasteiger partial charge in [-0.3, -0.25) is 4.79 Å². The van der Waals surface area contributed by atoms with Crippen LogP contribution in [0.1, 0.15) is 28.9 Å². The minimum absolute atomic E-state index is 0.116. The molecule has 24 heavy (non-hydrogen) atoms. The lowest BCUT2D eigenvalue weighted by Crippen LogP contribution is -2.39. The summed E-state index contributed by atoms with van der Waals surface area (Å²) in [4.78, 5) is 18.6. The first-order chi connectivity index (χ1) is 11.8. The molecule has 0 radical (unpaired) electrons. The molecule has 0 atom stereocenters. The molecule has 5 nitrogen and oxygen atoms in total. The van der Waals surface area contributed by atoms with Gasteiger partial charge in [0.2, 0.25) is 0 Å². The first kappa shape index (κ1) is 16.0. The molecule has 3 rings (SSSR count). The van der Waals surface area contributed by atoms with E-state index in [1.165, 1.54) is 0 Å². The number of hydrogen-bond donors (Lipinski definition) is 1. The van der Waals surface area contributed by atoms with E-state index in [0.717, 1.165) is 43.9 Å². The minimum Gasteiger partial charge on any atom is -0.370 e. The van der Waals surface area contributed by atoms with Crippen LogP contribution in [0.5, 0.6) is 0 Å². The summed E-state index contributed by atoms with van der Waals surface area (Å²) in [5.74, 6) is 1.36. The molecule has 0 saturated carbocycles. The Morgan fingerprint density at radius 1 is 1.17 bits per heavy atom. The van der Waals surface area contributed by atoms with Crippen molar-refractivity contribution in [1.82, 2.24) is 9.88 Å². The van der Waals surface area contributed by atoms with Gasteiger partial charge in [0.05, 0.1) is 0 Å². The van der Waals surface area contributed by atoms with E-state index < -0.39 is 0 Å². The Hall–Kier alpha value is -2.87. The number of nitriles is 1. The van der Waals surface area contributed by atoms with Crippen LogP contribution in [0, 0.1) is 17.2 Å². The zero-order chi connectivity index (χ0) is 16.8. The van der Waals surface area contributed by atoms with E-state index in [1.807, 2.05) is 53.4 Å². The molecule has 5 heteroatoms. The maximum Gasteiger partial charge on any atom is 0.253 e. The van der Waals surface area contributed by atoms with Crippen LogP contribution in [0.25, 0.3) is 0 Å². The van der Waals surface area contributed by atoms with Gasteiger partial charge >= 0.3 is 0 Å². The van der Waals surface area contributed by atoms with Crippen LogP contribution in [-0.2, 0) is 0 Å². The molecule has 1 aliphatic heterocycles. The summed E-state index contributed by atoms with van der Waals surface area (Å²) in [7, 11) is 0. The highest BCUT2D eigenvalue weighted by Gasteiger charge is 2.23. The molecule has 0 spiro atoms. The fourth-order valence-corrected chi connectivity index (χ4v) is 2.95. The van der Waals surface area contributed by atoms with E-state index in [4.69, 9.17) is 5.26 Å². The number of pyridine rings is 1. The van der Waals surface area contributed by atoms with Crippen molar-refractivity contribution in [3.8, 4) is 6.07 Å². The Balaban J connectivity index is 1.48. The average Bonchev–Trinajstić information content (AvgIpc) is 2.67.